The Bertz CT molecular complexity index is 640. The van der Waals surface area contributed by atoms with E-state index in [1.54, 1.807) is 4.90 Å². The minimum atomic E-state index is -3.14. The van der Waals surface area contributed by atoms with Gasteiger partial charge in [0.15, 0.2) is 11.5 Å². The van der Waals surface area contributed by atoms with E-state index < -0.39 is 29.2 Å². The molecule has 1 unspecified atom stereocenters. The number of benzene rings is 1. The second-order valence-corrected chi connectivity index (χ2v) is 5.33. The average Bonchev–Trinajstić information content (AvgIpc) is 2.96. The molecule has 1 aromatic rings. The number of halogens is 2. The summed E-state index contributed by atoms with van der Waals surface area (Å²) in [6.07, 6.45) is 0.451. The Hall–Kier alpha value is -2.49. The number of carboxylic acid groups (broad SMARTS) is 1. The van der Waals surface area contributed by atoms with E-state index in [9.17, 15) is 23.7 Å². The topological polar surface area (TPSA) is 102 Å². The van der Waals surface area contributed by atoms with Gasteiger partial charge in [0.2, 0.25) is 0 Å². The molecule has 1 aromatic carbocycles. The highest BCUT2D eigenvalue weighted by atomic mass is 19.3. The number of methoxy groups -OCH3 is 1. The number of hydrogen-bond acceptors (Lipinski definition) is 6. The Kier molecular flexibility index (Phi) is 5.50. The van der Waals surface area contributed by atoms with Gasteiger partial charge in [-0.05, 0) is 19.0 Å². The van der Waals surface area contributed by atoms with Crippen molar-refractivity contribution in [3.8, 4) is 11.5 Å². The maximum Gasteiger partial charge on any atom is 0.387 e. The Morgan fingerprint density at radius 2 is 2.21 bits per heavy atom. The molecular weight excluding hydrogens is 330 g/mol. The molecule has 0 saturated carbocycles. The van der Waals surface area contributed by atoms with Crippen LogP contribution in [-0.2, 0) is 11.3 Å². The van der Waals surface area contributed by atoms with Crippen molar-refractivity contribution in [3.05, 3.63) is 27.8 Å². The fourth-order valence-electron chi connectivity index (χ4n) is 2.65. The second kappa shape index (κ2) is 7.39. The van der Waals surface area contributed by atoms with Crippen molar-refractivity contribution in [3.63, 3.8) is 0 Å². The smallest absolute Gasteiger partial charge is 0.387 e. The van der Waals surface area contributed by atoms with Gasteiger partial charge in [-0.25, -0.2) is 0 Å². The number of ether oxygens (including phenoxy) is 2. The summed E-state index contributed by atoms with van der Waals surface area (Å²) >= 11 is 0. The molecular formula is C14H16F2N2O6. The average molecular weight is 346 g/mol. The minimum Gasteiger partial charge on any atom is -0.493 e. The SMILES string of the molecule is COc1cc(CN2CCC(C(=O)O)C2)c([N+](=O)[O-])cc1OC(F)F. The van der Waals surface area contributed by atoms with Gasteiger partial charge >= 0.3 is 12.6 Å². The highest BCUT2D eigenvalue weighted by Gasteiger charge is 2.30. The Balaban J connectivity index is 2.28. The van der Waals surface area contributed by atoms with Crippen molar-refractivity contribution < 1.29 is 33.1 Å². The van der Waals surface area contributed by atoms with Crippen LogP contribution in [0.3, 0.4) is 0 Å². The van der Waals surface area contributed by atoms with Crippen LogP contribution in [0.2, 0.25) is 0 Å². The van der Waals surface area contributed by atoms with Crippen LogP contribution in [-0.4, -0.2) is 47.7 Å². The molecule has 0 radical (unpaired) electrons. The van der Waals surface area contributed by atoms with Crippen LogP contribution in [0, 0.1) is 16.0 Å². The van der Waals surface area contributed by atoms with E-state index in [0.717, 1.165) is 6.07 Å². The van der Waals surface area contributed by atoms with Gasteiger partial charge in [-0.15, -0.1) is 0 Å². The van der Waals surface area contributed by atoms with Crippen molar-refractivity contribution in [2.75, 3.05) is 20.2 Å². The van der Waals surface area contributed by atoms with Crippen LogP contribution in [0.25, 0.3) is 0 Å². The minimum absolute atomic E-state index is 0.0510. The molecule has 0 aliphatic carbocycles. The number of aliphatic carboxylic acids is 1. The predicted molar refractivity (Wildman–Crippen MR) is 77.3 cm³/mol. The zero-order valence-corrected chi connectivity index (χ0v) is 12.8. The molecule has 1 fully saturated rings. The number of nitro groups is 1. The molecule has 1 aliphatic heterocycles. The third-order valence-corrected chi connectivity index (χ3v) is 3.79. The van der Waals surface area contributed by atoms with Gasteiger partial charge in [-0.3, -0.25) is 19.8 Å². The van der Waals surface area contributed by atoms with E-state index in [4.69, 9.17) is 9.84 Å². The van der Waals surface area contributed by atoms with E-state index in [0.29, 0.717) is 13.0 Å². The Morgan fingerprint density at radius 3 is 2.71 bits per heavy atom. The van der Waals surface area contributed by atoms with Crippen molar-refractivity contribution in [1.29, 1.82) is 0 Å². The van der Waals surface area contributed by atoms with E-state index in [-0.39, 0.29) is 30.1 Å². The molecule has 0 aromatic heterocycles. The Labute approximate surface area is 135 Å². The summed E-state index contributed by atoms with van der Waals surface area (Å²) in [6, 6.07) is 2.16. The highest BCUT2D eigenvalue weighted by Crippen LogP contribution is 2.36. The molecule has 132 valence electrons. The summed E-state index contributed by atoms with van der Waals surface area (Å²) < 4.78 is 34.0. The number of carbonyl (C=O) groups is 1. The summed E-state index contributed by atoms with van der Waals surface area (Å²) in [5, 5.41) is 20.2. The first-order chi connectivity index (χ1) is 11.3. The van der Waals surface area contributed by atoms with Gasteiger partial charge in [0, 0.05) is 18.7 Å². The third-order valence-electron chi connectivity index (χ3n) is 3.79. The molecule has 0 bridgehead atoms. The lowest BCUT2D eigenvalue weighted by Crippen LogP contribution is -2.23. The van der Waals surface area contributed by atoms with Crippen molar-refractivity contribution in [2.45, 2.75) is 19.6 Å². The van der Waals surface area contributed by atoms with Crippen LogP contribution in [0.15, 0.2) is 12.1 Å². The first-order valence-electron chi connectivity index (χ1n) is 7.07. The molecule has 1 N–H and O–H groups in total. The fraction of sp³-hybridized carbons (Fsp3) is 0.500. The lowest BCUT2D eigenvalue weighted by Gasteiger charge is -2.17. The van der Waals surface area contributed by atoms with Gasteiger partial charge in [0.05, 0.1) is 24.0 Å². The number of likely N-dealkylation sites (tertiary alicyclic amines) is 1. The predicted octanol–water partition coefficient (Wildman–Crippen LogP) is 2.11. The summed E-state index contributed by atoms with van der Waals surface area (Å²) in [5.74, 6) is -1.91. The molecule has 0 spiro atoms. The first-order valence-corrected chi connectivity index (χ1v) is 7.07. The summed E-state index contributed by atoms with van der Waals surface area (Å²) in [6.45, 7) is -2.28. The van der Waals surface area contributed by atoms with Crippen LogP contribution >= 0.6 is 0 Å². The molecule has 8 nitrogen and oxygen atoms in total. The number of rotatable bonds is 7. The molecule has 10 heteroatoms. The van der Waals surface area contributed by atoms with E-state index >= 15 is 0 Å². The van der Waals surface area contributed by atoms with E-state index in [1.807, 2.05) is 0 Å². The van der Waals surface area contributed by atoms with E-state index in [1.165, 1.54) is 13.2 Å². The quantitative estimate of drug-likeness (QED) is 0.596. The molecule has 24 heavy (non-hydrogen) atoms. The lowest BCUT2D eigenvalue weighted by atomic mass is 10.1. The van der Waals surface area contributed by atoms with Crippen LogP contribution < -0.4 is 9.47 Å². The maximum absolute atomic E-state index is 12.4. The maximum atomic E-state index is 12.4. The van der Waals surface area contributed by atoms with Crippen molar-refractivity contribution in [1.82, 2.24) is 4.90 Å². The molecule has 2 rings (SSSR count). The van der Waals surface area contributed by atoms with Crippen LogP contribution in [0.4, 0.5) is 14.5 Å². The van der Waals surface area contributed by atoms with Crippen molar-refractivity contribution in [2.24, 2.45) is 5.92 Å². The van der Waals surface area contributed by atoms with Gasteiger partial charge in [-0.2, -0.15) is 8.78 Å². The third kappa shape index (κ3) is 4.07. The van der Waals surface area contributed by atoms with Crippen LogP contribution in [0.5, 0.6) is 11.5 Å². The normalized spacial score (nSPS) is 17.9. The standard InChI is InChI=1S/C14H16F2N2O6/c1-23-11-4-9(7-17-3-2-8(6-17)13(19)20)10(18(21)22)5-12(11)24-14(15)16/h4-5,8,14H,2-3,6-7H2,1H3,(H,19,20). The largest absolute Gasteiger partial charge is 0.493 e. The molecule has 1 saturated heterocycles. The summed E-state index contributed by atoms with van der Waals surface area (Å²) in [4.78, 5) is 23.3. The van der Waals surface area contributed by atoms with E-state index in [2.05, 4.69) is 4.74 Å². The van der Waals surface area contributed by atoms with Gasteiger partial charge < -0.3 is 14.6 Å². The number of carboxylic acids is 1. The molecule has 1 heterocycles. The zero-order chi connectivity index (χ0) is 17.9. The molecule has 0 amide bonds. The fourth-order valence-corrected chi connectivity index (χ4v) is 2.65. The monoisotopic (exact) mass is 346 g/mol. The van der Waals surface area contributed by atoms with Gasteiger partial charge in [0.1, 0.15) is 0 Å². The van der Waals surface area contributed by atoms with Crippen molar-refractivity contribution >= 4 is 11.7 Å². The summed E-state index contributed by atoms with van der Waals surface area (Å²) in [5.41, 5.74) is -0.144. The Morgan fingerprint density at radius 1 is 1.50 bits per heavy atom. The van der Waals surface area contributed by atoms with Gasteiger partial charge in [-0.1, -0.05) is 0 Å². The van der Waals surface area contributed by atoms with Gasteiger partial charge in [0.25, 0.3) is 5.69 Å². The number of alkyl halides is 2. The second-order valence-electron chi connectivity index (χ2n) is 5.33. The number of nitrogens with zero attached hydrogens (tertiary/aromatic N) is 2. The van der Waals surface area contributed by atoms with Crippen LogP contribution in [0.1, 0.15) is 12.0 Å². The highest BCUT2D eigenvalue weighted by molar-refractivity contribution is 5.70. The molecule has 1 aliphatic rings. The first kappa shape index (κ1) is 17.9. The molecule has 1 atom stereocenters. The lowest BCUT2D eigenvalue weighted by molar-refractivity contribution is -0.385. The summed E-state index contributed by atoms with van der Waals surface area (Å²) in [7, 11) is 1.24. The number of nitro benzene ring substituents is 1. The zero-order valence-electron chi connectivity index (χ0n) is 12.8. The number of hydrogen-bond donors (Lipinski definition) is 1.